The first-order chi connectivity index (χ1) is 5.70. The monoisotopic (exact) mass is 164 g/mol. The molecule has 0 aromatic carbocycles. The molecule has 0 spiro atoms. The van der Waals surface area contributed by atoms with Crippen LogP contribution in [0.1, 0.15) is 40.8 Å². The van der Waals surface area contributed by atoms with Crippen LogP contribution in [0.15, 0.2) is 4.42 Å². The Hall–Kier alpha value is -1.05. The second-order valence-electron chi connectivity index (χ2n) is 3.34. The molecule has 2 rings (SSSR count). The quantitative estimate of drug-likeness (QED) is 0.596. The fourth-order valence-corrected chi connectivity index (χ4v) is 2.00. The van der Waals surface area contributed by atoms with Gasteiger partial charge in [-0.3, -0.25) is 4.79 Å². The van der Waals surface area contributed by atoms with Crippen molar-refractivity contribution in [2.24, 2.45) is 0 Å². The highest BCUT2D eigenvalue weighted by atomic mass is 16.3. The summed E-state index contributed by atoms with van der Waals surface area (Å²) in [7, 11) is 0. The maximum Gasteiger partial charge on any atom is 0.163 e. The van der Waals surface area contributed by atoms with Crippen molar-refractivity contribution < 1.29 is 9.21 Å². The van der Waals surface area contributed by atoms with Crippen LogP contribution in [0.25, 0.3) is 0 Å². The number of carbonyl (C=O) groups excluding carboxylic acids is 1. The second-order valence-corrected chi connectivity index (χ2v) is 3.34. The zero-order valence-corrected chi connectivity index (χ0v) is 7.44. The maximum absolute atomic E-state index is 11.2. The van der Waals surface area contributed by atoms with Gasteiger partial charge in [-0.2, -0.15) is 0 Å². The summed E-state index contributed by atoms with van der Waals surface area (Å²) in [6.07, 6.45) is 3.15. The molecule has 0 atom stereocenters. The number of ketones is 1. The first-order valence-electron chi connectivity index (χ1n) is 4.32. The van der Waals surface area contributed by atoms with Crippen molar-refractivity contribution in [1.82, 2.24) is 0 Å². The average molecular weight is 164 g/mol. The number of rotatable bonds is 1. The molecule has 1 aliphatic carbocycles. The smallest absolute Gasteiger partial charge is 0.163 e. The van der Waals surface area contributed by atoms with Crippen molar-refractivity contribution in [2.45, 2.75) is 33.1 Å². The molecule has 0 bridgehead atoms. The highest BCUT2D eigenvalue weighted by Crippen LogP contribution is 2.30. The summed E-state index contributed by atoms with van der Waals surface area (Å²) in [5.41, 5.74) is 2.00. The lowest BCUT2D eigenvalue weighted by Gasteiger charge is -1.94. The standard InChI is InChI=1S/C10H12O2/c1-6(11)10-7(2)12-9-5-3-4-8(9)10/h3-5H2,1-2H3. The molecule has 0 N–H and O–H groups in total. The van der Waals surface area contributed by atoms with Crippen LogP contribution in [0.2, 0.25) is 0 Å². The van der Waals surface area contributed by atoms with Gasteiger partial charge in [-0.25, -0.2) is 0 Å². The molecule has 1 aromatic heterocycles. The molecule has 0 aliphatic heterocycles. The van der Waals surface area contributed by atoms with Crippen LogP contribution in [0.3, 0.4) is 0 Å². The molecule has 1 aliphatic rings. The van der Waals surface area contributed by atoms with Crippen molar-refractivity contribution in [2.75, 3.05) is 0 Å². The van der Waals surface area contributed by atoms with E-state index in [2.05, 4.69) is 0 Å². The first kappa shape index (κ1) is 7.59. The van der Waals surface area contributed by atoms with Crippen LogP contribution >= 0.6 is 0 Å². The van der Waals surface area contributed by atoms with E-state index < -0.39 is 0 Å². The van der Waals surface area contributed by atoms with Gasteiger partial charge >= 0.3 is 0 Å². The zero-order valence-electron chi connectivity index (χ0n) is 7.44. The van der Waals surface area contributed by atoms with Gasteiger partial charge < -0.3 is 4.42 Å². The van der Waals surface area contributed by atoms with Gasteiger partial charge in [-0.15, -0.1) is 0 Å². The van der Waals surface area contributed by atoms with E-state index in [9.17, 15) is 4.79 Å². The summed E-state index contributed by atoms with van der Waals surface area (Å²) in [4.78, 5) is 11.2. The van der Waals surface area contributed by atoms with Gasteiger partial charge in [-0.1, -0.05) is 0 Å². The Labute approximate surface area is 71.6 Å². The molecule has 0 amide bonds. The number of fused-ring (bicyclic) bond motifs is 1. The fourth-order valence-electron chi connectivity index (χ4n) is 2.00. The normalized spacial score (nSPS) is 14.8. The van der Waals surface area contributed by atoms with Crippen molar-refractivity contribution in [3.8, 4) is 0 Å². The van der Waals surface area contributed by atoms with Crippen LogP contribution in [0, 0.1) is 6.92 Å². The maximum atomic E-state index is 11.2. The number of Topliss-reactive ketones (excluding diaryl/α,β-unsaturated/α-hetero) is 1. The lowest BCUT2D eigenvalue weighted by atomic mass is 10.1. The predicted molar refractivity (Wildman–Crippen MR) is 45.5 cm³/mol. The van der Waals surface area contributed by atoms with Crippen LogP contribution < -0.4 is 0 Å². The average Bonchev–Trinajstić information content (AvgIpc) is 2.44. The largest absolute Gasteiger partial charge is 0.465 e. The third-order valence-corrected chi connectivity index (χ3v) is 2.45. The van der Waals surface area contributed by atoms with Crippen LogP contribution in [-0.4, -0.2) is 5.78 Å². The van der Waals surface area contributed by atoms with E-state index in [1.165, 1.54) is 5.56 Å². The van der Waals surface area contributed by atoms with E-state index in [0.717, 1.165) is 36.3 Å². The Morgan fingerprint density at radius 1 is 1.42 bits per heavy atom. The number of hydrogen-bond donors (Lipinski definition) is 0. The predicted octanol–water partition coefficient (Wildman–Crippen LogP) is 2.28. The van der Waals surface area contributed by atoms with Gasteiger partial charge in [-0.05, 0) is 26.7 Å². The topological polar surface area (TPSA) is 30.2 Å². The van der Waals surface area contributed by atoms with E-state index in [-0.39, 0.29) is 5.78 Å². The summed E-state index contributed by atoms with van der Waals surface area (Å²) in [5, 5.41) is 0. The van der Waals surface area contributed by atoms with Gasteiger partial charge in [0, 0.05) is 12.0 Å². The Morgan fingerprint density at radius 3 is 2.83 bits per heavy atom. The van der Waals surface area contributed by atoms with Crippen molar-refractivity contribution in [3.05, 3.63) is 22.6 Å². The lowest BCUT2D eigenvalue weighted by Crippen LogP contribution is -1.96. The van der Waals surface area contributed by atoms with Crippen LogP contribution in [-0.2, 0) is 12.8 Å². The third kappa shape index (κ3) is 0.909. The highest BCUT2D eigenvalue weighted by molar-refractivity contribution is 5.96. The molecule has 0 saturated heterocycles. The van der Waals surface area contributed by atoms with E-state index in [4.69, 9.17) is 4.42 Å². The second kappa shape index (κ2) is 2.47. The SMILES string of the molecule is CC(=O)c1c(C)oc2c1CCC2. The molecule has 0 fully saturated rings. The molecule has 12 heavy (non-hydrogen) atoms. The molecule has 64 valence electrons. The summed E-state index contributed by atoms with van der Waals surface area (Å²) >= 11 is 0. The first-order valence-corrected chi connectivity index (χ1v) is 4.32. The van der Waals surface area contributed by atoms with E-state index >= 15 is 0 Å². The molecule has 0 unspecified atom stereocenters. The summed E-state index contributed by atoms with van der Waals surface area (Å²) in [6.45, 7) is 3.48. The summed E-state index contributed by atoms with van der Waals surface area (Å²) in [6, 6.07) is 0. The molecule has 2 nitrogen and oxygen atoms in total. The third-order valence-electron chi connectivity index (χ3n) is 2.45. The molecular weight excluding hydrogens is 152 g/mol. The number of hydrogen-bond acceptors (Lipinski definition) is 2. The molecule has 2 heteroatoms. The fraction of sp³-hybridized carbons (Fsp3) is 0.500. The van der Waals surface area contributed by atoms with Crippen molar-refractivity contribution >= 4 is 5.78 Å². The molecule has 0 saturated carbocycles. The van der Waals surface area contributed by atoms with E-state index in [1.54, 1.807) is 6.92 Å². The molecule has 0 radical (unpaired) electrons. The van der Waals surface area contributed by atoms with Gasteiger partial charge in [0.05, 0.1) is 5.56 Å². The molecular formula is C10H12O2. The minimum absolute atomic E-state index is 0.138. The van der Waals surface area contributed by atoms with Gasteiger partial charge in [0.1, 0.15) is 11.5 Å². The van der Waals surface area contributed by atoms with Crippen molar-refractivity contribution in [3.63, 3.8) is 0 Å². The summed E-state index contributed by atoms with van der Waals surface area (Å²) < 4.78 is 5.50. The molecule has 1 aromatic rings. The van der Waals surface area contributed by atoms with E-state index in [1.807, 2.05) is 6.92 Å². The van der Waals surface area contributed by atoms with E-state index in [0.29, 0.717) is 0 Å². The lowest BCUT2D eigenvalue weighted by molar-refractivity contribution is 0.101. The Kier molecular flexibility index (Phi) is 1.56. The zero-order chi connectivity index (χ0) is 8.72. The Bertz CT molecular complexity index is 334. The van der Waals surface area contributed by atoms with Gasteiger partial charge in [0.25, 0.3) is 0 Å². The van der Waals surface area contributed by atoms with Gasteiger partial charge in [0.2, 0.25) is 0 Å². The van der Waals surface area contributed by atoms with Crippen LogP contribution in [0.5, 0.6) is 0 Å². The molecule has 1 heterocycles. The Morgan fingerprint density at radius 2 is 2.17 bits per heavy atom. The number of carbonyl (C=O) groups is 1. The minimum atomic E-state index is 0.138. The van der Waals surface area contributed by atoms with Crippen LogP contribution in [0.4, 0.5) is 0 Å². The van der Waals surface area contributed by atoms with Gasteiger partial charge in [0.15, 0.2) is 5.78 Å². The number of aryl methyl sites for hydroxylation is 2. The Balaban J connectivity index is 2.59. The number of furan rings is 1. The van der Waals surface area contributed by atoms with Crippen molar-refractivity contribution in [1.29, 1.82) is 0 Å². The highest BCUT2D eigenvalue weighted by Gasteiger charge is 2.23. The summed E-state index contributed by atoms with van der Waals surface area (Å²) in [5.74, 6) is 1.98. The minimum Gasteiger partial charge on any atom is -0.465 e.